The van der Waals surface area contributed by atoms with Crippen LogP contribution in [-0.4, -0.2) is 315 Å². The molecule has 20 unspecified atom stereocenters. The van der Waals surface area contributed by atoms with E-state index in [1.807, 2.05) is 0 Å². The SMILES string of the molecule is CC(=O)NC1C(OC2C(C(=O)O)OC(OCCCCCCNC(=O)CCCCCCCNC(=O)CCCCCCCCCCC(=O)NCCCCCCCC(=O)NCCCCCCOC3OC(C(=O)O)C(OC4OC(COS(=O)(=O)O)C(O)C(O)C4NC(C)=O)C(O)C3OS(=O)(=O)O)C(OS(=O)(=O)O)C2O)OC(COS(=O)(=O)O)C(O)C1O. The van der Waals surface area contributed by atoms with E-state index in [1.54, 1.807) is 0 Å². The summed E-state index contributed by atoms with van der Waals surface area (Å²) in [5.41, 5.74) is 0. The van der Waals surface area contributed by atoms with Crippen LogP contribution in [0.25, 0.3) is 0 Å². The standard InChI is InChI=1S/C68H120N6O40S4/c1-41(75)73-49-53(83)51(81)43(39-105-115(91,92)93)107-65(49)109-57-55(85)59(113-117(97,98)99)67(111-61(57)63(87)88)103-37-27-17-15-25-35-71-47(79)31-21-11-7-13-23-33-69-45(77)29-19-9-5-3-4-6-10-20-30-46(78)70-34-24-14-8-12-22-32-48(80)72-36-26-16-18-28-38-104-68-60(114-118(100,101)102)56(86)58(62(112-68)64(89)90)110-66-50(74-42(2)76)54(84)52(82)44(108-66)40-106-116(94,95)96/h43-44,49-62,65-68,81-86H,3-40H2,1-2H3,(H,69,77)(H,70,78)(H,71,79)(H,72,80)(H,73,75)(H,74,76)(H,87,88)(H,89,90)(H,91,92,93)(H,94,95,96)(H,97,98,99)(H,100,101,102). The number of amides is 6. The lowest BCUT2D eigenvalue weighted by molar-refractivity contribution is -0.338. The number of carbonyl (C=O) groups excluding carboxylic acids is 6. The molecule has 4 aliphatic rings. The van der Waals surface area contributed by atoms with E-state index in [-0.39, 0.29) is 49.7 Å². The summed E-state index contributed by atoms with van der Waals surface area (Å²) in [6, 6.07) is -3.50. The van der Waals surface area contributed by atoms with Gasteiger partial charge in [-0.3, -0.25) is 47.0 Å². The molecule has 0 saturated carbocycles. The number of carbonyl (C=O) groups is 8. The minimum absolute atomic E-state index is 0.0204. The fourth-order valence-corrected chi connectivity index (χ4v) is 14.8. The number of hydrogen-bond acceptors (Lipinski definition) is 34. The Bertz CT molecular complexity index is 3300. The molecule has 4 rings (SSSR count). The van der Waals surface area contributed by atoms with E-state index in [0.29, 0.717) is 103 Å². The first-order chi connectivity index (χ1) is 55.6. The molecule has 0 bridgehead atoms. The number of aliphatic carboxylic acids is 2. The molecule has 0 aliphatic carbocycles. The largest absolute Gasteiger partial charge is 0.479 e. The third kappa shape index (κ3) is 42.2. The van der Waals surface area contributed by atoms with Crippen molar-refractivity contribution in [3.05, 3.63) is 0 Å². The highest BCUT2D eigenvalue weighted by molar-refractivity contribution is 7.81. The molecule has 4 fully saturated rings. The van der Waals surface area contributed by atoms with Crippen LogP contribution >= 0.6 is 0 Å². The molecule has 18 N–H and O–H groups in total. The van der Waals surface area contributed by atoms with Gasteiger partial charge in [0.05, 0.1) is 13.2 Å². The molecule has 6 amide bonds. The average molecular weight is 1790 g/mol. The van der Waals surface area contributed by atoms with Crippen molar-refractivity contribution in [1.82, 2.24) is 31.9 Å². The maximum Gasteiger partial charge on any atom is 0.397 e. The minimum atomic E-state index is -5.40. The number of rotatable bonds is 61. The summed E-state index contributed by atoms with van der Waals surface area (Å²) in [7, 11) is -21.0. The fourth-order valence-electron chi connectivity index (χ4n) is 13.2. The Morgan fingerprint density at radius 1 is 0.322 bits per heavy atom. The van der Waals surface area contributed by atoms with Gasteiger partial charge in [-0.25, -0.2) is 26.3 Å². The lowest BCUT2D eigenvalue weighted by Crippen LogP contribution is -2.68. The van der Waals surface area contributed by atoms with Crippen LogP contribution in [0.2, 0.25) is 0 Å². The maximum absolute atomic E-state index is 12.4. The van der Waals surface area contributed by atoms with E-state index >= 15 is 0 Å². The number of aliphatic hydroxyl groups excluding tert-OH is 6. The highest BCUT2D eigenvalue weighted by atomic mass is 32.3. The molecule has 20 atom stereocenters. The van der Waals surface area contributed by atoms with Gasteiger partial charge in [-0.15, -0.1) is 0 Å². The molecular formula is C68H120N6O40S4. The molecule has 0 radical (unpaired) electrons. The van der Waals surface area contributed by atoms with Crippen molar-refractivity contribution in [2.45, 2.75) is 329 Å². The Kier molecular flexibility index (Phi) is 48.4. The van der Waals surface area contributed by atoms with Crippen LogP contribution in [-0.2, 0) is 135 Å². The summed E-state index contributed by atoms with van der Waals surface area (Å²) in [4.78, 5) is 98.4. The average Bonchev–Trinajstić information content (AvgIpc) is 0.771. The summed E-state index contributed by atoms with van der Waals surface area (Å²) >= 11 is 0. The molecule has 4 aliphatic heterocycles. The van der Waals surface area contributed by atoms with E-state index in [1.165, 1.54) is 0 Å². The van der Waals surface area contributed by atoms with Crippen molar-refractivity contribution in [2.75, 3.05) is 52.6 Å². The summed E-state index contributed by atoms with van der Waals surface area (Å²) in [6.45, 7) is 1.18. The quantitative estimate of drug-likeness (QED) is 0.0236. The Morgan fingerprint density at radius 3 is 0.839 bits per heavy atom. The van der Waals surface area contributed by atoms with Gasteiger partial charge in [0, 0.05) is 78.9 Å². The summed E-state index contributed by atoms with van der Waals surface area (Å²) < 4.78 is 191. The van der Waals surface area contributed by atoms with Crippen molar-refractivity contribution >= 4 is 89.0 Å². The second-order valence-electron chi connectivity index (χ2n) is 28.9. The van der Waals surface area contributed by atoms with E-state index in [2.05, 4.69) is 48.6 Å². The predicted molar refractivity (Wildman–Crippen MR) is 401 cm³/mol. The number of carboxylic acids is 2. The first-order valence-corrected chi connectivity index (χ1v) is 44.9. The zero-order valence-corrected chi connectivity index (χ0v) is 69.1. The molecule has 118 heavy (non-hydrogen) atoms. The molecule has 686 valence electrons. The summed E-state index contributed by atoms with van der Waals surface area (Å²) in [5.74, 6) is -5.50. The number of carboxylic acid groups (broad SMARTS) is 2. The van der Waals surface area contributed by atoms with Crippen LogP contribution in [0.1, 0.15) is 206 Å². The van der Waals surface area contributed by atoms with E-state index in [9.17, 15) is 122 Å². The van der Waals surface area contributed by atoms with Gasteiger partial charge in [-0.1, -0.05) is 103 Å². The number of unbranched alkanes of at least 4 members (excludes halogenated alkanes) is 21. The molecular weight excluding hydrogens is 1670 g/mol. The monoisotopic (exact) mass is 1790 g/mol. The van der Waals surface area contributed by atoms with Gasteiger partial charge >= 0.3 is 53.5 Å². The molecule has 0 spiro atoms. The minimum Gasteiger partial charge on any atom is -0.479 e. The molecule has 4 saturated heterocycles. The van der Waals surface area contributed by atoms with Crippen molar-refractivity contribution in [3.63, 3.8) is 0 Å². The molecule has 50 heteroatoms. The van der Waals surface area contributed by atoms with E-state index < -0.39 is 201 Å². The van der Waals surface area contributed by atoms with Crippen LogP contribution in [0, 0.1) is 0 Å². The zero-order valence-electron chi connectivity index (χ0n) is 65.8. The third-order valence-electron chi connectivity index (χ3n) is 19.2. The van der Waals surface area contributed by atoms with Crippen LogP contribution in [0.4, 0.5) is 0 Å². The van der Waals surface area contributed by atoms with Gasteiger partial charge in [0.15, 0.2) is 49.6 Å². The van der Waals surface area contributed by atoms with Crippen LogP contribution in [0.3, 0.4) is 0 Å². The normalized spacial score (nSPS) is 27.7. The van der Waals surface area contributed by atoms with Gasteiger partial charge < -0.3 is 111 Å². The second-order valence-corrected chi connectivity index (χ2v) is 33.2. The molecule has 4 heterocycles. The Morgan fingerprint density at radius 2 is 0.585 bits per heavy atom. The number of nitrogens with one attached hydrogen (secondary N) is 6. The van der Waals surface area contributed by atoms with Gasteiger partial charge in [0.25, 0.3) is 0 Å². The predicted octanol–water partition coefficient (Wildman–Crippen LogP) is -1.78. The maximum atomic E-state index is 12.4. The second kappa shape index (κ2) is 54.3. The Hall–Kier alpha value is -5.32. The van der Waals surface area contributed by atoms with Gasteiger partial charge in [-0.2, -0.15) is 33.7 Å². The smallest absolute Gasteiger partial charge is 0.397 e. The van der Waals surface area contributed by atoms with Crippen molar-refractivity contribution in [2.24, 2.45) is 0 Å². The van der Waals surface area contributed by atoms with Crippen molar-refractivity contribution in [3.8, 4) is 0 Å². The topological polar surface area (TPSA) is 699 Å². The van der Waals surface area contributed by atoms with E-state index in [4.69, 9.17) is 47.0 Å². The number of aliphatic hydroxyl groups is 6. The Balaban J connectivity index is 0.926. The first kappa shape index (κ1) is 105. The molecule has 0 aromatic carbocycles. The first-order valence-electron chi connectivity index (χ1n) is 39.4. The lowest BCUT2D eigenvalue weighted by Gasteiger charge is -2.47. The van der Waals surface area contributed by atoms with Gasteiger partial charge in [-0.05, 0) is 64.2 Å². The van der Waals surface area contributed by atoms with Crippen LogP contribution in [0.5, 0.6) is 0 Å². The number of hydrogen-bond donors (Lipinski definition) is 18. The molecule has 0 aromatic rings. The highest BCUT2D eigenvalue weighted by Gasteiger charge is 2.58. The van der Waals surface area contributed by atoms with Crippen LogP contribution < -0.4 is 31.9 Å². The van der Waals surface area contributed by atoms with Crippen molar-refractivity contribution in [1.29, 1.82) is 0 Å². The zero-order chi connectivity index (χ0) is 87.8. The fraction of sp³-hybridized carbons (Fsp3) is 0.882. The molecule has 0 aromatic heterocycles. The number of ether oxygens (including phenoxy) is 8. The van der Waals surface area contributed by atoms with E-state index in [0.717, 1.165) is 117 Å². The Labute approximate surface area is 685 Å². The van der Waals surface area contributed by atoms with Crippen LogP contribution in [0.15, 0.2) is 0 Å². The summed E-state index contributed by atoms with van der Waals surface area (Å²) in [6.07, 6.45) is -16.2. The van der Waals surface area contributed by atoms with Gasteiger partial charge in [0.1, 0.15) is 73.1 Å². The van der Waals surface area contributed by atoms with Gasteiger partial charge in [0.2, 0.25) is 35.4 Å². The third-order valence-corrected chi connectivity index (χ3v) is 21.0. The highest BCUT2D eigenvalue weighted by Crippen LogP contribution is 2.35. The van der Waals surface area contributed by atoms with Crippen molar-refractivity contribution < 1.29 is 186 Å². The molecule has 46 nitrogen and oxygen atoms in total. The summed E-state index contributed by atoms with van der Waals surface area (Å²) in [5, 5.41) is 101. The lowest BCUT2D eigenvalue weighted by atomic mass is 9.95.